The Morgan fingerprint density at radius 3 is 2.52 bits per heavy atom. The number of rotatable bonds is 8. The van der Waals surface area contributed by atoms with E-state index in [2.05, 4.69) is 20.8 Å². The van der Waals surface area contributed by atoms with Crippen LogP contribution in [0.3, 0.4) is 0 Å². The van der Waals surface area contributed by atoms with E-state index in [1.165, 1.54) is 16.2 Å². The molecule has 2 amide bonds. The highest BCUT2D eigenvalue weighted by Crippen LogP contribution is 2.42. The molecule has 0 unspecified atom stereocenters. The summed E-state index contributed by atoms with van der Waals surface area (Å²) in [5.41, 5.74) is 0. The van der Waals surface area contributed by atoms with Gasteiger partial charge in [-0.05, 0) is 36.5 Å². The second kappa shape index (κ2) is 8.78. The molecule has 1 saturated heterocycles. The van der Waals surface area contributed by atoms with Gasteiger partial charge in [-0.3, -0.25) is 4.79 Å². The normalized spacial score (nSPS) is 20.8. The van der Waals surface area contributed by atoms with E-state index in [1.54, 1.807) is 12.2 Å². The third-order valence-corrected chi connectivity index (χ3v) is 10.5. The van der Waals surface area contributed by atoms with Gasteiger partial charge in [-0.25, -0.2) is 9.69 Å². The Bertz CT molecular complexity index is 604. The molecule has 5 nitrogen and oxygen atoms in total. The topological polar surface area (TPSA) is 55.8 Å². The van der Waals surface area contributed by atoms with Crippen LogP contribution in [0.2, 0.25) is 18.1 Å². The van der Waals surface area contributed by atoms with E-state index < -0.39 is 20.5 Å². The average Bonchev–Trinajstić information content (AvgIpc) is 3.15. The molecule has 0 aromatic carbocycles. The van der Waals surface area contributed by atoms with Crippen molar-refractivity contribution in [2.45, 2.75) is 58.0 Å². The minimum absolute atomic E-state index is 0.166. The summed E-state index contributed by atoms with van der Waals surface area (Å²) in [7, 11) is -1.95. The molecule has 2 rings (SSSR count). The molecule has 1 aliphatic heterocycles. The zero-order valence-corrected chi connectivity index (χ0v) is 17.2. The predicted octanol–water partition coefficient (Wildman–Crippen LogP) is 4.73. The molecule has 138 valence electrons. The summed E-state index contributed by atoms with van der Waals surface area (Å²) in [4.78, 5) is 27.2. The first-order valence-corrected chi connectivity index (χ1v) is 12.3. The van der Waals surface area contributed by atoms with Crippen LogP contribution in [-0.4, -0.2) is 37.9 Å². The maximum atomic E-state index is 12.7. The summed E-state index contributed by atoms with van der Waals surface area (Å²) >= 11 is 1.53. The van der Waals surface area contributed by atoms with Crippen LogP contribution in [0.25, 0.3) is 0 Å². The smallest absolute Gasteiger partial charge is 0.417 e. The molecule has 0 radical (unpaired) electrons. The van der Waals surface area contributed by atoms with Crippen molar-refractivity contribution in [3.8, 4) is 0 Å². The quantitative estimate of drug-likeness (QED) is 0.371. The molecule has 1 fully saturated rings. The van der Waals surface area contributed by atoms with E-state index in [1.807, 2.05) is 24.4 Å². The van der Waals surface area contributed by atoms with Crippen LogP contribution in [0.5, 0.6) is 0 Å². The van der Waals surface area contributed by atoms with Crippen molar-refractivity contribution in [1.29, 1.82) is 0 Å². The molecule has 0 bridgehead atoms. The summed E-state index contributed by atoms with van der Waals surface area (Å²) < 4.78 is 11.6. The first-order chi connectivity index (χ1) is 12.0. The van der Waals surface area contributed by atoms with Crippen molar-refractivity contribution < 1.29 is 18.8 Å². The van der Waals surface area contributed by atoms with Crippen LogP contribution in [-0.2, 0) is 14.0 Å². The van der Waals surface area contributed by atoms with Crippen LogP contribution >= 0.6 is 11.3 Å². The molecule has 0 aliphatic carbocycles. The van der Waals surface area contributed by atoms with Crippen molar-refractivity contribution in [1.82, 2.24) is 4.90 Å². The molecule has 1 aromatic rings. The monoisotopic (exact) mass is 381 g/mol. The Hall–Kier alpha value is -1.44. The van der Waals surface area contributed by atoms with E-state index in [0.717, 1.165) is 23.0 Å². The number of allylic oxidation sites excluding steroid dienone is 1. The number of hydrogen-bond acceptors (Lipinski definition) is 5. The number of β-lactam (4-membered cyclic amide) rings is 1. The average molecular weight is 382 g/mol. The van der Waals surface area contributed by atoms with Crippen molar-refractivity contribution in [3.63, 3.8) is 0 Å². The van der Waals surface area contributed by atoms with Gasteiger partial charge in [0.1, 0.15) is 12.6 Å². The fraction of sp³-hybridized carbons (Fsp3) is 0.556. The van der Waals surface area contributed by atoms with Gasteiger partial charge in [-0.2, -0.15) is 0 Å². The molecule has 2 heterocycles. The first-order valence-electron chi connectivity index (χ1n) is 8.85. The molecule has 0 N–H and O–H groups in total. The first kappa shape index (κ1) is 19.9. The van der Waals surface area contributed by atoms with Gasteiger partial charge in [0, 0.05) is 4.88 Å². The Balaban J connectivity index is 2.20. The van der Waals surface area contributed by atoms with E-state index in [0.29, 0.717) is 0 Å². The third-order valence-electron chi connectivity index (χ3n) is 4.93. The number of thiophene rings is 1. The van der Waals surface area contributed by atoms with Crippen LogP contribution in [0.1, 0.15) is 38.6 Å². The fourth-order valence-electron chi connectivity index (χ4n) is 3.07. The standard InChI is InChI=1S/C18H27NO4SSi/c1-5-9-12-22-18(21)19-15(14-11-10-13-24-14)16(17(19)20)23-25(6-2,7-3)8-4/h5,9-11,13,15-16H,6-8,12H2,1-4H3/t15-,16+/m0/s1. The second-order valence-electron chi connectivity index (χ2n) is 6.10. The molecule has 0 saturated carbocycles. The number of carbonyl (C=O) groups is 2. The predicted molar refractivity (Wildman–Crippen MR) is 102 cm³/mol. The Morgan fingerprint density at radius 2 is 2.00 bits per heavy atom. The lowest BCUT2D eigenvalue weighted by molar-refractivity contribution is -0.160. The number of carbonyl (C=O) groups excluding carboxylic acids is 2. The van der Waals surface area contributed by atoms with Crippen LogP contribution in [0, 0.1) is 0 Å². The van der Waals surface area contributed by atoms with Crippen molar-refractivity contribution in [3.05, 3.63) is 34.5 Å². The summed E-state index contributed by atoms with van der Waals surface area (Å²) in [5.74, 6) is -0.281. The minimum Gasteiger partial charge on any atom is -0.445 e. The van der Waals surface area contributed by atoms with Crippen LogP contribution in [0.15, 0.2) is 29.7 Å². The van der Waals surface area contributed by atoms with Gasteiger partial charge >= 0.3 is 6.09 Å². The summed E-state index contributed by atoms with van der Waals surface area (Å²) in [6.07, 6.45) is 2.37. The molecule has 2 atom stereocenters. The number of amides is 2. The second-order valence-corrected chi connectivity index (χ2v) is 11.8. The van der Waals surface area contributed by atoms with Gasteiger partial charge in [-0.1, -0.05) is 39.0 Å². The third kappa shape index (κ3) is 4.04. The fourth-order valence-corrected chi connectivity index (χ4v) is 6.68. The Labute approximate surface area is 154 Å². The minimum atomic E-state index is -1.95. The van der Waals surface area contributed by atoms with Gasteiger partial charge < -0.3 is 9.16 Å². The van der Waals surface area contributed by atoms with E-state index in [-0.39, 0.29) is 18.6 Å². The number of likely N-dealkylation sites (tertiary alicyclic amines) is 1. The molecule has 0 spiro atoms. The summed E-state index contributed by atoms with van der Waals surface area (Å²) in [6.45, 7) is 8.41. The summed E-state index contributed by atoms with van der Waals surface area (Å²) in [6, 6.07) is 6.39. The van der Waals surface area contributed by atoms with Gasteiger partial charge in [0.15, 0.2) is 14.4 Å². The lowest BCUT2D eigenvalue weighted by atomic mass is 9.97. The number of nitrogens with zero attached hydrogens (tertiary/aromatic N) is 1. The lowest BCUT2D eigenvalue weighted by Crippen LogP contribution is -2.64. The van der Waals surface area contributed by atoms with Gasteiger partial charge in [0.2, 0.25) is 0 Å². The highest BCUT2D eigenvalue weighted by molar-refractivity contribution is 7.10. The van der Waals surface area contributed by atoms with Crippen molar-refractivity contribution in [2.24, 2.45) is 0 Å². The maximum absolute atomic E-state index is 12.7. The molecule has 25 heavy (non-hydrogen) atoms. The maximum Gasteiger partial charge on any atom is 0.417 e. The van der Waals surface area contributed by atoms with Gasteiger partial charge in [-0.15, -0.1) is 11.3 Å². The number of imide groups is 1. The van der Waals surface area contributed by atoms with E-state index in [9.17, 15) is 9.59 Å². The van der Waals surface area contributed by atoms with Gasteiger partial charge in [0.25, 0.3) is 5.91 Å². The molecule has 7 heteroatoms. The van der Waals surface area contributed by atoms with E-state index in [4.69, 9.17) is 9.16 Å². The zero-order valence-electron chi connectivity index (χ0n) is 15.4. The largest absolute Gasteiger partial charge is 0.445 e. The van der Waals surface area contributed by atoms with Crippen LogP contribution in [0.4, 0.5) is 4.79 Å². The lowest BCUT2D eigenvalue weighted by Gasteiger charge is -2.47. The number of ether oxygens (including phenoxy) is 1. The SMILES string of the molecule is CC=CCOC(=O)N1C(=O)[C@H](O[Si](CC)(CC)CC)[C@@H]1c1cccs1. The molecular formula is C18H27NO4SSi. The number of hydrogen-bond donors (Lipinski definition) is 0. The molecule has 1 aromatic heterocycles. The summed E-state index contributed by atoms with van der Waals surface area (Å²) in [5, 5.41) is 1.95. The highest BCUT2D eigenvalue weighted by atomic mass is 32.1. The Kier molecular flexibility index (Phi) is 6.98. The van der Waals surface area contributed by atoms with Gasteiger partial charge in [0.05, 0.1) is 0 Å². The molecule has 1 aliphatic rings. The highest BCUT2D eigenvalue weighted by Gasteiger charge is 2.55. The molecular weight excluding hydrogens is 354 g/mol. The van der Waals surface area contributed by atoms with Crippen molar-refractivity contribution >= 4 is 31.7 Å². The van der Waals surface area contributed by atoms with E-state index >= 15 is 0 Å². The zero-order chi connectivity index (χ0) is 18.4. The Morgan fingerprint density at radius 1 is 1.32 bits per heavy atom. The van der Waals surface area contributed by atoms with Crippen LogP contribution < -0.4 is 0 Å². The van der Waals surface area contributed by atoms with Crippen molar-refractivity contribution in [2.75, 3.05) is 6.61 Å².